The molecule has 1 saturated carbocycles. The Balaban J connectivity index is 1.53. The molecule has 118 valence electrons. The van der Waals surface area contributed by atoms with Crippen LogP contribution in [-0.4, -0.2) is 43.5 Å². The fraction of sp³-hybridized carbons (Fsp3) is 0.692. The molecule has 8 heteroatoms. The average molecular weight is 365 g/mol. The van der Waals surface area contributed by atoms with Gasteiger partial charge in [-0.2, -0.15) is 23.5 Å². The fourth-order valence-corrected chi connectivity index (χ4v) is 7.21. The van der Waals surface area contributed by atoms with E-state index in [1.165, 1.54) is 29.9 Å². The highest BCUT2D eigenvalue weighted by atomic mass is 32.2. The van der Waals surface area contributed by atoms with Gasteiger partial charge in [0.2, 0.25) is 10.0 Å². The Hall–Kier alpha value is 0.270. The number of thiophene rings is 1. The predicted octanol–water partition coefficient (Wildman–Crippen LogP) is 2.13. The lowest BCUT2D eigenvalue weighted by atomic mass is 10.4. The van der Waals surface area contributed by atoms with Crippen molar-refractivity contribution in [2.75, 3.05) is 23.8 Å². The standard InChI is InChI=1S/C13H20N2O2S4/c16-21(17,15-8-12-9-18-5-6-19-12)13-4-3-11(20-13)7-14-10-1-2-10/h3-4,10,12,14-15H,1-2,5-9H2. The zero-order valence-electron chi connectivity index (χ0n) is 11.7. The Morgan fingerprint density at radius 1 is 1.24 bits per heavy atom. The maximum absolute atomic E-state index is 12.3. The summed E-state index contributed by atoms with van der Waals surface area (Å²) in [6.07, 6.45) is 2.49. The topological polar surface area (TPSA) is 58.2 Å². The molecule has 1 unspecified atom stereocenters. The summed E-state index contributed by atoms with van der Waals surface area (Å²) in [7, 11) is -3.34. The zero-order chi connectivity index (χ0) is 14.7. The Labute approximate surface area is 138 Å². The van der Waals surface area contributed by atoms with Crippen LogP contribution in [0.25, 0.3) is 0 Å². The molecule has 1 aliphatic heterocycles. The van der Waals surface area contributed by atoms with Gasteiger partial charge >= 0.3 is 0 Å². The molecule has 2 N–H and O–H groups in total. The van der Waals surface area contributed by atoms with Crippen molar-refractivity contribution >= 4 is 44.9 Å². The molecule has 2 aliphatic rings. The Morgan fingerprint density at radius 2 is 2.10 bits per heavy atom. The van der Waals surface area contributed by atoms with Gasteiger partial charge in [-0.3, -0.25) is 0 Å². The van der Waals surface area contributed by atoms with E-state index in [2.05, 4.69) is 10.0 Å². The summed E-state index contributed by atoms with van der Waals surface area (Å²) in [5.41, 5.74) is 0. The van der Waals surface area contributed by atoms with Crippen LogP contribution in [-0.2, 0) is 16.6 Å². The normalized spacial score (nSPS) is 23.3. The van der Waals surface area contributed by atoms with E-state index >= 15 is 0 Å². The summed E-state index contributed by atoms with van der Waals surface area (Å²) >= 11 is 5.15. The SMILES string of the molecule is O=S(=O)(NCC1CSCCS1)c1ccc(CNC2CC2)s1. The maximum atomic E-state index is 12.3. The van der Waals surface area contributed by atoms with Crippen LogP contribution in [0.2, 0.25) is 0 Å². The van der Waals surface area contributed by atoms with Crippen molar-refractivity contribution < 1.29 is 8.42 Å². The lowest BCUT2D eigenvalue weighted by Gasteiger charge is -2.20. The van der Waals surface area contributed by atoms with Crippen molar-refractivity contribution in [3.8, 4) is 0 Å². The van der Waals surface area contributed by atoms with E-state index in [0.717, 1.165) is 22.9 Å². The van der Waals surface area contributed by atoms with Crippen LogP contribution >= 0.6 is 34.9 Å². The highest BCUT2D eigenvalue weighted by molar-refractivity contribution is 8.06. The van der Waals surface area contributed by atoms with Crippen molar-refractivity contribution in [3.05, 3.63) is 17.0 Å². The summed E-state index contributed by atoms with van der Waals surface area (Å²) in [5, 5.41) is 3.81. The number of rotatable bonds is 7. The molecule has 0 bridgehead atoms. The van der Waals surface area contributed by atoms with Gasteiger partial charge in [0.15, 0.2) is 0 Å². The minimum absolute atomic E-state index is 0.398. The molecule has 1 aromatic rings. The van der Waals surface area contributed by atoms with Gasteiger partial charge in [0, 0.05) is 46.5 Å². The largest absolute Gasteiger partial charge is 0.309 e. The molecule has 1 aliphatic carbocycles. The van der Waals surface area contributed by atoms with E-state index in [4.69, 9.17) is 0 Å². The lowest BCUT2D eigenvalue weighted by molar-refractivity contribution is 0.583. The summed E-state index contributed by atoms with van der Waals surface area (Å²) in [5.74, 6) is 3.33. The van der Waals surface area contributed by atoms with E-state index in [0.29, 0.717) is 22.0 Å². The lowest BCUT2D eigenvalue weighted by Crippen LogP contribution is -2.33. The molecule has 0 spiro atoms. The minimum atomic E-state index is -3.34. The molecule has 0 aromatic carbocycles. The first kappa shape index (κ1) is 16.1. The summed E-state index contributed by atoms with van der Waals surface area (Å²) in [6.45, 7) is 1.31. The summed E-state index contributed by atoms with van der Waals surface area (Å²) in [6, 6.07) is 4.28. The summed E-state index contributed by atoms with van der Waals surface area (Å²) in [4.78, 5) is 1.09. The second kappa shape index (κ2) is 7.23. The van der Waals surface area contributed by atoms with Gasteiger partial charge in [0.1, 0.15) is 4.21 Å². The van der Waals surface area contributed by atoms with Crippen molar-refractivity contribution in [1.82, 2.24) is 10.0 Å². The van der Waals surface area contributed by atoms with Crippen molar-refractivity contribution in [3.63, 3.8) is 0 Å². The highest BCUT2D eigenvalue weighted by Crippen LogP contribution is 2.26. The summed E-state index contributed by atoms with van der Waals surface area (Å²) < 4.78 is 27.8. The van der Waals surface area contributed by atoms with Crippen LogP contribution in [0.1, 0.15) is 17.7 Å². The van der Waals surface area contributed by atoms with E-state index in [-0.39, 0.29) is 0 Å². The van der Waals surface area contributed by atoms with Crippen LogP contribution in [0, 0.1) is 0 Å². The first-order valence-electron chi connectivity index (χ1n) is 7.14. The zero-order valence-corrected chi connectivity index (χ0v) is 15.0. The molecule has 1 saturated heterocycles. The van der Waals surface area contributed by atoms with Crippen molar-refractivity contribution in [2.24, 2.45) is 0 Å². The molecule has 1 aromatic heterocycles. The number of sulfonamides is 1. The number of hydrogen-bond donors (Lipinski definition) is 2. The third-order valence-corrected chi connectivity index (χ3v) is 9.28. The third-order valence-electron chi connectivity index (χ3n) is 3.43. The van der Waals surface area contributed by atoms with Crippen molar-refractivity contribution in [1.29, 1.82) is 0 Å². The number of thioether (sulfide) groups is 2. The van der Waals surface area contributed by atoms with Gasteiger partial charge in [-0.15, -0.1) is 11.3 Å². The predicted molar refractivity (Wildman–Crippen MR) is 92.9 cm³/mol. The molecule has 1 atom stereocenters. The van der Waals surface area contributed by atoms with E-state index in [1.54, 1.807) is 6.07 Å². The van der Waals surface area contributed by atoms with Crippen LogP contribution in [0.3, 0.4) is 0 Å². The Morgan fingerprint density at radius 3 is 2.81 bits per heavy atom. The van der Waals surface area contributed by atoms with Crippen LogP contribution < -0.4 is 10.0 Å². The smallest absolute Gasteiger partial charge is 0.250 e. The van der Waals surface area contributed by atoms with Crippen LogP contribution in [0.4, 0.5) is 0 Å². The molecule has 0 radical (unpaired) electrons. The van der Waals surface area contributed by atoms with Crippen LogP contribution in [0.5, 0.6) is 0 Å². The maximum Gasteiger partial charge on any atom is 0.250 e. The minimum Gasteiger partial charge on any atom is -0.309 e. The number of hydrogen-bond acceptors (Lipinski definition) is 6. The molecule has 4 nitrogen and oxygen atoms in total. The average Bonchev–Trinajstić information content (AvgIpc) is 3.20. The van der Waals surface area contributed by atoms with Gasteiger partial charge in [-0.25, -0.2) is 13.1 Å². The van der Waals surface area contributed by atoms with Gasteiger partial charge in [-0.1, -0.05) is 0 Å². The molecule has 0 amide bonds. The van der Waals surface area contributed by atoms with E-state index in [1.807, 2.05) is 29.6 Å². The molecular weight excluding hydrogens is 344 g/mol. The molecule has 21 heavy (non-hydrogen) atoms. The quantitative estimate of drug-likeness (QED) is 0.776. The molecule has 2 fully saturated rings. The van der Waals surface area contributed by atoms with Gasteiger partial charge in [-0.05, 0) is 25.0 Å². The Bertz CT molecular complexity index is 562. The number of nitrogens with one attached hydrogen (secondary N) is 2. The first-order chi connectivity index (χ1) is 10.1. The van der Waals surface area contributed by atoms with Crippen LogP contribution in [0.15, 0.2) is 16.3 Å². The second-order valence-corrected chi connectivity index (χ2v) is 11.0. The monoisotopic (exact) mass is 364 g/mol. The third kappa shape index (κ3) is 4.87. The van der Waals surface area contributed by atoms with E-state index in [9.17, 15) is 8.42 Å². The van der Waals surface area contributed by atoms with E-state index < -0.39 is 10.0 Å². The highest BCUT2D eigenvalue weighted by Gasteiger charge is 2.22. The molecule has 2 heterocycles. The second-order valence-electron chi connectivity index (χ2n) is 5.30. The molecule has 3 rings (SSSR count). The van der Waals surface area contributed by atoms with Crippen molar-refractivity contribution in [2.45, 2.75) is 34.9 Å². The van der Waals surface area contributed by atoms with Gasteiger partial charge < -0.3 is 5.32 Å². The molecular formula is C13H20N2O2S4. The fourth-order valence-electron chi connectivity index (χ4n) is 2.06. The first-order valence-corrected chi connectivity index (χ1v) is 11.6. The van der Waals surface area contributed by atoms with Gasteiger partial charge in [0.05, 0.1) is 0 Å². The van der Waals surface area contributed by atoms with Gasteiger partial charge in [0.25, 0.3) is 0 Å². The Kier molecular flexibility index (Phi) is 5.55.